The molecule has 2 atom stereocenters. The number of fused-ring (bicyclic) bond motifs is 1. The molecule has 0 aromatic heterocycles. The van der Waals surface area contributed by atoms with Crippen LogP contribution in [0.25, 0.3) is 0 Å². The Labute approximate surface area is 127 Å². The summed E-state index contributed by atoms with van der Waals surface area (Å²) in [6.07, 6.45) is 4.24. The molecule has 4 nitrogen and oxygen atoms in total. The Morgan fingerprint density at radius 3 is 2.32 bits per heavy atom. The first-order valence-electron chi connectivity index (χ1n) is 7.02. The summed E-state index contributed by atoms with van der Waals surface area (Å²) in [5.74, 6) is -0.132. The van der Waals surface area contributed by atoms with Crippen molar-refractivity contribution < 1.29 is 19.1 Å². The first-order chi connectivity index (χ1) is 8.98. The van der Waals surface area contributed by atoms with Gasteiger partial charge in [0, 0.05) is 3.42 Å². The number of alkyl halides is 1. The molecule has 2 aliphatic carbocycles. The molecule has 2 aliphatic rings. The fraction of sp³-hybridized carbons (Fsp3) is 0.857. The van der Waals surface area contributed by atoms with Gasteiger partial charge in [-0.25, -0.2) is 0 Å². The van der Waals surface area contributed by atoms with Crippen molar-refractivity contribution >= 4 is 34.5 Å². The molecular weight excluding hydrogens is 359 g/mol. The Balaban J connectivity index is 2.27. The van der Waals surface area contributed by atoms with Crippen LogP contribution >= 0.6 is 22.6 Å². The van der Waals surface area contributed by atoms with Crippen molar-refractivity contribution in [2.24, 2.45) is 11.3 Å². The molecule has 0 N–H and O–H groups in total. The Kier molecular flexibility index (Phi) is 4.42. The molecule has 2 saturated carbocycles. The summed E-state index contributed by atoms with van der Waals surface area (Å²) < 4.78 is 10.4. The van der Waals surface area contributed by atoms with E-state index in [1.807, 2.05) is 0 Å². The van der Waals surface area contributed by atoms with Gasteiger partial charge in [0.2, 0.25) is 0 Å². The van der Waals surface area contributed by atoms with Crippen LogP contribution in [-0.2, 0) is 19.1 Å². The zero-order valence-electron chi connectivity index (χ0n) is 11.5. The lowest BCUT2D eigenvalue weighted by molar-refractivity contribution is -0.173. The average Bonchev–Trinajstić information content (AvgIpc) is 2.99. The standard InChI is InChI=1S/C14H21IO4/c1-3-18-11(16)13(12(17)19-4-2)7-5-6-10-8-14(10,15)9-13/h10H,3-9H2,1-2H3. The predicted molar refractivity (Wildman–Crippen MR) is 79.0 cm³/mol. The summed E-state index contributed by atoms with van der Waals surface area (Å²) in [4.78, 5) is 24.7. The maximum atomic E-state index is 12.4. The van der Waals surface area contributed by atoms with Crippen molar-refractivity contribution in [3.05, 3.63) is 0 Å². The molecule has 0 bridgehead atoms. The van der Waals surface area contributed by atoms with Crippen molar-refractivity contribution in [2.75, 3.05) is 13.2 Å². The van der Waals surface area contributed by atoms with Gasteiger partial charge >= 0.3 is 11.9 Å². The van der Waals surface area contributed by atoms with Crippen molar-refractivity contribution in [3.8, 4) is 0 Å². The number of halogens is 1. The minimum Gasteiger partial charge on any atom is -0.465 e. The smallest absolute Gasteiger partial charge is 0.323 e. The highest BCUT2D eigenvalue weighted by Crippen LogP contribution is 2.63. The van der Waals surface area contributed by atoms with Gasteiger partial charge in [0.1, 0.15) is 0 Å². The maximum absolute atomic E-state index is 12.4. The number of carbonyl (C=O) groups excluding carboxylic acids is 2. The predicted octanol–water partition coefficient (Wildman–Crippen LogP) is 2.87. The molecule has 0 aromatic carbocycles. The zero-order chi connectivity index (χ0) is 14.1. The van der Waals surface area contributed by atoms with Gasteiger partial charge in [-0.05, 0) is 45.4 Å². The largest absolute Gasteiger partial charge is 0.465 e. The second-order valence-electron chi connectivity index (χ2n) is 5.53. The molecule has 0 amide bonds. The van der Waals surface area contributed by atoms with E-state index in [0.29, 0.717) is 32.0 Å². The van der Waals surface area contributed by atoms with Crippen LogP contribution in [-0.4, -0.2) is 28.6 Å². The first kappa shape index (κ1) is 15.1. The molecule has 0 radical (unpaired) electrons. The molecule has 0 heterocycles. The lowest BCUT2D eigenvalue weighted by Gasteiger charge is -2.30. The van der Waals surface area contributed by atoms with Crippen LogP contribution in [0, 0.1) is 11.3 Å². The SMILES string of the molecule is CCOC(=O)C1(C(=O)OCC)CCCC2CC2(I)C1. The molecule has 0 aliphatic heterocycles. The summed E-state index contributed by atoms with van der Waals surface area (Å²) in [6.45, 7) is 4.15. The summed E-state index contributed by atoms with van der Waals surface area (Å²) in [5.41, 5.74) is -1.07. The normalized spacial score (nSPS) is 31.8. The number of carbonyl (C=O) groups is 2. The van der Waals surface area contributed by atoms with Gasteiger partial charge in [0.05, 0.1) is 13.2 Å². The third kappa shape index (κ3) is 2.76. The maximum Gasteiger partial charge on any atom is 0.323 e. The van der Waals surface area contributed by atoms with Gasteiger partial charge in [-0.1, -0.05) is 29.0 Å². The highest BCUT2D eigenvalue weighted by atomic mass is 127. The third-order valence-electron chi connectivity index (χ3n) is 4.24. The Hall–Kier alpha value is -0.330. The van der Waals surface area contributed by atoms with Gasteiger partial charge in [0.15, 0.2) is 5.41 Å². The van der Waals surface area contributed by atoms with Crippen LogP contribution in [0.1, 0.15) is 46.0 Å². The summed E-state index contributed by atoms with van der Waals surface area (Å²) >= 11 is 2.42. The van der Waals surface area contributed by atoms with Crippen LogP contribution < -0.4 is 0 Å². The molecule has 2 unspecified atom stereocenters. The molecule has 5 heteroatoms. The molecule has 19 heavy (non-hydrogen) atoms. The second kappa shape index (κ2) is 5.58. The molecule has 2 rings (SSSR count). The van der Waals surface area contributed by atoms with Gasteiger partial charge < -0.3 is 9.47 Å². The monoisotopic (exact) mass is 380 g/mol. The lowest BCUT2D eigenvalue weighted by atomic mass is 9.79. The number of hydrogen-bond donors (Lipinski definition) is 0. The van der Waals surface area contributed by atoms with E-state index in [0.717, 1.165) is 19.3 Å². The first-order valence-corrected chi connectivity index (χ1v) is 8.10. The number of hydrogen-bond acceptors (Lipinski definition) is 4. The highest BCUT2D eigenvalue weighted by molar-refractivity contribution is 14.1. The number of rotatable bonds is 4. The van der Waals surface area contributed by atoms with Crippen molar-refractivity contribution in [1.29, 1.82) is 0 Å². The van der Waals surface area contributed by atoms with Crippen LogP contribution in [0.15, 0.2) is 0 Å². The molecule has 2 fully saturated rings. The van der Waals surface area contributed by atoms with Crippen LogP contribution in [0.4, 0.5) is 0 Å². The molecule has 0 aromatic rings. The molecule has 108 valence electrons. The van der Waals surface area contributed by atoms with E-state index in [-0.39, 0.29) is 3.42 Å². The van der Waals surface area contributed by atoms with E-state index in [2.05, 4.69) is 22.6 Å². The van der Waals surface area contributed by atoms with E-state index in [9.17, 15) is 9.59 Å². The topological polar surface area (TPSA) is 52.6 Å². The van der Waals surface area contributed by atoms with Gasteiger partial charge in [-0.3, -0.25) is 9.59 Å². The zero-order valence-corrected chi connectivity index (χ0v) is 13.7. The third-order valence-corrected chi connectivity index (χ3v) is 5.94. The summed E-state index contributed by atoms with van der Waals surface area (Å²) in [6, 6.07) is 0. The Bertz CT molecular complexity index is 364. The summed E-state index contributed by atoms with van der Waals surface area (Å²) in [5, 5.41) is 0. The van der Waals surface area contributed by atoms with E-state index < -0.39 is 17.4 Å². The lowest BCUT2D eigenvalue weighted by Crippen LogP contribution is -2.44. The summed E-state index contributed by atoms with van der Waals surface area (Å²) in [7, 11) is 0. The van der Waals surface area contributed by atoms with Gasteiger partial charge in [-0.2, -0.15) is 0 Å². The van der Waals surface area contributed by atoms with Crippen LogP contribution in [0.3, 0.4) is 0 Å². The fourth-order valence-electron chi connectivity index (χ4n) is 3.14. The van der Waals surface area contributed by atoms with Crippen molar-refractivity contribution in [3.63, 3.8) is 0 Å². The van der Waals surface area contributed by atoms with Crippen LogP contribution in [0.5, 0.6) is 0 Å². The Morgan fingerprint density at radius 2 is 1.79 bits per heavy atom. The van der Waals surface area contributed by atoms with Gasteiger partial charge in [0.25, 0.3) is 0 Å². The van der Waals surface area contributed by atoms with E-state index in [4.69, 9.17) is 9.47 Å². The molecule has 0 saturated heterocycles. The van der Waals surface area contributed by atoms with E-state index in [1.165, 1.54) is 0 Å². The number of ether oxygens (including phenoxy) is 2. The molecule has 0 spiro atoms. The Morgan fingerprint density at radius 1 is 1.21 bits per heavy atom. The average molecular weight is 380 g/mol. The molecular formula is C14H21IO4. The van der Waals surface area contributed by atoms with E-state index in [1.54, 1.807) is 13.8 Å². The highest BCUT2D eigenvalue weighted by Gasteiger charge is 2.62. The second-order valence-corrected chi connectivity index (χ2v) is 7.68. The number of esters is 2. The van der Waals surface area contributed by atoms with Crippen LogP contribution in [0.2, 0.25) is 0 Å². The van der Waals surface area contributed by atoms with Crippen molar-refractivity contribution in [2.45, 2.75) is 49.4 Å². The van der Waals surface area contributed by atoms with Gasteiger partial charge in [-0.15, -0.1) is 0 Å². The van der Waals surface area contributed by atoms with Crippen molar-refractivity contribution in [1.82, 2.24) is 0 Å². The quantitative estimate of drug-likeness (QED) is 0.326. The van der Waals surface area contributed by atoms with E-state index >= 15 is 0 Å². The fourth-order valence-corrected chi connectivity index (χ4v) is 4.63. The minimum absolute atomic E-state index is 0.0911. The minimum atomic E-state index is -1.07.